The highest BCUT2D eigenvalue weighted by Gasteiger charge is 2.27. The van der Waals surface area contributed by atoms with Crippen LogP contribution in [0.5, 0.6) is 0 Å². The van der Waals surface area contributed by atoms with Crippen LogP contribution in [0.4, 0.5) is 5.69 Å². The summed E-state index contributed by atoms with van der Waals surface area (Å²) < 4.78 is 5.13. The topological polar surface area (TPSA) is 58.8 Å². The van der Waals surface area contributed by atoms with E-state index in [9.17, 15) is 4.79 Å². The number of carbonyl (C=O) groups is 1. The Labute approximate surface area is 126 Å². The largest absolute Gasteiger partial charge is 0.399 e. The van der Waals surface area contributed by atoms with Crippen molar-refractivity contribution in [3.05, 3.63) is 29.3 Å². The van der Waals surface area contributed by atoms with Crippen LogP contribution in [0.3, 0.4) is 0 Å². The molecule has 1 amide bonds. The number of ether oxygens (including phenoxy) is 1. The number of nitrogens with two attached hydrogens (primary N) is 1. The normalized spacial score (nSPS) is 19.8. The zero-order valence-corrected chi connectivity index (χ0v) is 13.1. The molecular formula is C16H25N3O2. The Morgan fingerprint density at radius 2 is 2.19 bits per heavy atom. The molecule has 0 aromatic heterocycles. The summed E-state index contributed by atoms with van der Waals surface area (Å²) in [7, 11) is 1.72. The minimum Gasteiger partial charge on any atom is -0.399 e. The zero-order chi connectivity index (χ0) is 15.4. The summed E-state index contributed by atoms with van der Waals surface area (Å²) in [6.07, 6.45) is 0. The quantitative estimate of drug-likeness (QED) is 0.851. The predicted octanol–water partition coefficient (Wildman–Crippen LogP) is 1.37. The summed E-state index contributed by atoms with van der Waals surface area (Å²) in [6.45, 7) is 8.13. The SMILES string of the molecule is COCCN1CCN(C(=O)c2cc(N)ccc2C)CC1C. The number of rotatable bonds is 4. The number of carbonyl (C=O) groups excluding carboxylic acids is 1. The molecule has 0 bridgehead atoms. The summed E-state index contributed by atoms with van der Waals surface area (Å²) in [5, 5.41) is 0. The molecule has 5 nitrogen and oxygen atoms in total. The summed E-state index contributed by atoms with van der Waals surface area (Å²) in [4.78, 5) is 17.0. The third-order valence-corrected chi connectivity index (χ3v) is 4.13. The van der Waals surface area contributed by atoms with Gasteiger partial charge in [-0.2, -0.15) is 0 Å². The standard InChI is InChI=1S/C16H25N3O2/c1-12-4-5-14(17)10-15(12)16(20)19-7-6-18(8-9-21-3)13(2)11-19/h4-5,10,13H,6-9,11,17H2,1-3H3. The van der Waals surface area contributed by atoms with Crippen molar-refractivity contribution in [1.29, 1.82) is 0 Å². The Morgan fingerprint density at radius 1 is 1.43 bits per heavy atom. The fourth-order valence-corrected chi connectivity index (χ4v) is 2.76. The van der Waals surface area contributed by atoms with Gasteiger partial charge in [0, 0.05) is 50.6 Å². The van der Waals surface area contributed by atoms with E-state index < -0.39 is 0 Å². The Balaban J connectivity index is 2.03. The van der Waals surface area contributed by atoms with Crippen LogP contribution in [0.1, 0.15) is 22.8 Å². The van der Waals surface area contributed by atoms with Gasteiger partial charge in [0.1, 0.15) is 0 Å². The van der Waals surface area contributed by atoms with Crippen LogP contribution in [0.15, 0.2) is 18.2 Å². The van der Waals surface area contributed by atoms with Crippen LogP contribution in [0.25, 0.3) is 0 Å². The summed E-state index contributed by atoms with van der Waals surface area (Å²) in [6, 6.07) is 5.86. The van der Waals surface area contributed by atoms with Crippen molar-refractivity contribution < 1.29 is 9.53 Å². The van der Waals surface area contributed by atoms with Crippen LogP contribution in [0.2, 0.25) is 0 Å². The molecule has 5 heteroatoms. The Morgan fingerprint density at radius 3 is 2.86 bits per heavy atom. The highest BCUT2D eigenvalue weighted by Crippen LogP contribution is 2.18. The number of aryl methyl sites for hydroxylation is 1. The van der Waals surface area contributed by atoms with Gasteiger partial charge in [-0.1, -0.05) is 6.07 Å². The van der Waals surface area contributed by atoms with E-state index in [0.29, 0.717) is 17.3 Å². The zero-order valence-electron chi connectivity index (χ0n) is 13.1. The summed E-state index contributed by atoms with van der Waals surface area (Å²) in [5.41, 5.74) is 8.13. The van der Waals surface area contributed by atoms with Gasteiger partial charge in [0.25, 0.3) is 5.91 Å². The molecule has 0 saturated carbocycles. The molecule has 1 atom stereocenters. The molecule has 1 aliphatic heterocycles. The number of amides is 1. The Kier molecular flexibility index (Phi) is 5.20. The number of methoxy groups -OCH3 is 1. The van der Waals surface area contributed by atoms with Gasteiger partial charge in [0.2, 0.25) is 0 Å². The average Bonchev–Trinajstić information content (AvgIpc) is 2.47. The van der Waals surface area contributed by atoms with Crippen molar-refractivity contribution in [1.82, 2.24) is 9.80 Å². The first-order valence-corrected chi connectivity index (χ1v) is 7.41. The molecule has 1 aromatic rings. The van der Waals surface area contributed by atoms with Gasteiger partial charge in [0.15, 0.2) is 0 Å². The second-order valence-electron chi connectivity index (χ2n) is 5.70. The first kappa shape index (κ1) is 15.8. The van der Waals surface area contributed by atoms with Crippen LogP contribution < -0.4 is 5.73 Å². The van der Waals surface area contributed by atoms with Gasteiger partial charge >= 0.3 is 0 Å². The smallest absolute Gasteiger partial charge is 0.254 e. The third-order valence-electron chi connectivity index (χ3n) is 4.13. The molecule has 1 unspecified atom stereocenters. The highest BCUT2D eigenvalue weighted by molar-refractivity contribution is 5.96. The fourth-order valence-electron chi connectivity index (χ4n) is 2.76. The summed E-state index contributed by atoms with van der Waals surface area (Å²) in [5.74, 6) is 0.0815. The summed E-state index contributed by atoms with van der Waals surface area (Å²) >= 11 is 0. The van der Waals surface area contributed by atoms with Crippen molar-refractivity contribution in [2.75, 3.05) is 45.6 Å². The van der Waals surface area contributed by atoms with Crippen molar-refractivity contribution in [2.24, 2.45) is 0 Å². The van der Waals surface area contributed by atoms with E-state index in [-0.39, 0.29) is 5.91 Å². The maximum absolute atomic E-state index is 12.7. The van der Waals surface area contributed by atoms with Crippen molar-refractivity contribution in [3.8, 4) is 0 Å². The van der Waals surface area contributed by atoms with Gasteiger partial charge in [-0.15, -0.1) is 0 Å². The maximum atomic E-state index is 12.7. The predicted molar refractivity (Wildman–Crippen MR) is 84.4 cm³/mol. The third kappa shape index (κ3) is 3.74. The lowest BCUT2D eigenvalue weighted by Gasteiger charge is -2.40. The fraction of sp³-hybridized carbons (Fsp3) is 0.562. The van der Waals surface area contributed by atoms with Gasteiger partial charge in [-0.25, -0.2) is 0 Å². The van der Waals surface area contributed by atoms with Gasteiger partial charge in [-0.05, 0) is 31.5 Å². The molecule has 116 valence electrons. The first-order chi connectivity index (χ1) is 10.0. The van der Waals surface area contributed by atoms with E-state index in [4.69, 9.17) is 10.5 Å². The van der Waals surface area contributed by atoms with E-state index in [1.54, 1.807) is 13.2 Å². The maximum Gasteiger partial charge on any atom is 0.254 e. The lowest BCUT2D eigenvalue weighted by molar-refractivity contribution is 0.0434. The van der Waals surface area contributed by atoms with Gasteiger partial charge < -0.3 is 15.4 Å². The van der Waals surface area contributed by atoms with Crippen LogP contribution in [-0.4, -0.2) is 61.6 Å². The highest BCUT2D eigenvalue weighted by atomic mass is 16.5. The number of nitrogen functional groups attached to an aromatic ring is 1. The number of hydrogen-bond acceptors (Lipinski definition) is 4. The van der Waals surface area contributed by atoms with Crippen LogP contribution in [-0.2, 0) is 4.74 Å². The van der Waals surface area contributed by atoms with E-state index in [1.807, 2.05) is 24.0 Å². The van der Waals surface area contributed by atoms with Crippen molar-refractivity contribution >= 4 is 11.6 Å². The molecule has 1 aliphatic rings. The second kappa shape index (κ2) is 6.91. The van der Waals surface area contributed by atoms with E-state index in [0.717, 1.165) is 38.3 Å². The molecule has 1 fully saturated rings. The van der Waals surface area contributed by atoms with Crippen LogP contribution in [0, 0.1) is 6.92 Å². The average molecular weight is 291 g/mol. The molecule has 2 N–H and O–H groups in total. The second-order valence-corrected chi connectivity index (χ2v) is 5.70. The Bertz CT molecular complexity index is 504. The molecule has 1 heterocycles. The minimum absolute atomic E-state index is 0.0815. The Hall–Kier alpha value is -1.59. The molecule has 0 spiro atoms. The number of benzene rings is 1. The van der Waals surface area contributed by atoms with E-state index in [2.05, 4.69) is 11.8 Å². The minimum atomic E-state index is 0.0815. The van der Waals surface area contributed by atoms with Crippen molar-refractivity contribution in [2.45, 2.75) is 19.9 Å². The van der Waals surface area contributed by atoms with Crippen molar-refractivity contribution in [3.63, 3.8) is 0 Å². The number of piperazine rings is 1. The van der Waals surface area contributed by atoms with E-state index in [1.165, 1.54) is 0 Å². The van der Waals surface area contributed by atoms with Gasteiger partial charge in [-0.3, -0.25) is 9.69 Å². The number of anilines is 1. The lowest BCUT2D eigenvalue weighted by Crippen LogP contribution is -2.54. The van der Waals surface area contributed by atoms with Crippen LogP contribution >= 0.6 is 0 Å². The molecule has 1 saturated heterocycles. The molecule has 0 aliphatic carbocycles. The lowest BCUT2D eigenvalue weighted by atomic mass is 10.1. The number of nitrogens with zero attached hydrogens (tertiary/aromatic N) is 2. The molecule has 0 radical (unpaired) electrons. The molecular weight excluding hydrogens is 266 g/mol. The monoisotopic (exact) mass is 291 g/mol. The molecule has 2 rings (SSSR count). The molecule has 1 aromatic carbocycles. The molecule has 21 heavy (non-hydrogen) atoms. The number of hydrogen-bond donors (Lipinski definition) is 1. The first-order valence-electron chi connectivity index (χ1n) is 7.41. The van der Waals surface area contributed by atoms with Gasteiger partial charge in [0.05, 0.1) is 6.61 Å². The van der Waals surface area contributed by atoms with E-state index >= 15 is 0 Å².